The van der Waals surface area contributed by atoms with Crippen molar-refractivity contribution < 1.29 is 9.90 Å². The highest BCUT2D eigenvalue weighted by Crippen LogP contribution is 2.02. The van der Waals surface area contributed by atoms with Crippen LogP contribution in [-0.4, -0.2) is 29.4 Å². The molecule has 5 heteroatoms. The molecular weight excluding hydrogens is 152 g/mol. The summed E-state index contributed by atoms with van der Waals surface area (Å²) in [6.45, 7) is 0.178. The van der Waals surface area contributed by atoms with Gasteiger partial charge in [0.05, 0.1) is 5.92 Å². The lowest BCUT2D eigenvalue weighted by Gasteiger charge is -2.15. The number of rotatable bonds is 4. The van der Waals surface area contributed by atoms with E-state index in [-0.39, 0.29) is 12.3 Å². The zero-order valence-corrected chi connectivity index (χ0v) is 6.42. The largest absolute Gasteiger partial charge is 0.481 e. The average Bonchev–Trinajstić information content (AvgIpc) is 1.88. The third-order valence-electron chi connectivity index (χ3n) is 1.30. The van der Waals surface area contributed by atoms with Crippen LogP contribution in [0.25, 0.3) is 0 Å². The van der Waals surface area contributed by atoms with Gasteiger partial charge >= 0.3 is 5.97 Å². The molecule has 4 nitrogen and oxygen atoms in total. The lowest BCUT2D eigenvalue weighted by molar-refractivity contribution is -0.141. The van der Waals surface area contributed by atoms with Gasteiger partial charge in [-0.3, -0.25) is 4.79 Å². The van der Waals surface area contributed by atoms with Gasteiger partial charge in [-0.1, -0.05) is 0 Å². The molecule has 0 spiro atoms. The molecular formula is C5H12N2O2S. The van der Waals surface area contributed by atoms with E-state index in [4.69, 9.17) is 16.6 Å². The number of aliphatic carboxylic acids is 1. The number of nitrogens with two attached hydrogens (primary N) is 2. The monoisotopic (exact) mass is 164 g/mol. The van der Waals surface area contributed by atoms with Gasteiger partial charge in [-0.2, -0.15) is 12.6 Å². The highest BCUT2D eigenvalue weighted by molar-refractivity contribution is 7.80. The van der Waals surface area contributed by atoms with E-state index in [0.717, 1.165) is 0 Å². The van der Waals surface area contributed by atoms with Crippen molar-refractivity contribution >= 4 is 18.6 Å². The number of carboxylic acid groups (broad SMARTS) is 1. The Hall–Kier alpha value is -0.260. The molecule has 0 aromatic carbocycles. The predicted octanol–water partition coefficient (Wildman–Crippen LogP) is -1.10. The van der Waals surface area contributed by atoms with E-state index in [2.05, 4.69) is 12.6 Å². The number of carboxylic acids is 1. The summed E-state index contributed by atoms with van der Waals surface area (Å²) in [5.74, 6) is -1.34. The van der Waals surface area contributed by atoms with Crippen LogP contribution in [0.5, 0.6) is 0 Å². The molecule has 5 N–H and O–H groups in total. The number of carbonyl (C=O) groups is 1. The molecule has 0 bridgehead atoms. The molecule has 0 aromatic heterocycles. The van der Waals surface area contributed by atoms with Crippen LogP contribution in [0.2, 0.25) is 0 Å². The van der Waals surface area contributed by atoms with E-state index in [1.165, 1.54) is 0 Å². The Balaban J connectivity index is 3.92. The van der Waals surface area contributed by atoms with Crippen molar-refractivity contribution in [3.63, 3.8) is 0 Å². The van der Waals surface area contributed by atoms with Gasteiger partial charge in [0.2, 0.25) is 0 Å². The van der Waals surface area contributed by atoms with Gasteiger partial charge in [0.25, 0.3) is 0 Å². The predicted molar refractivity (Wildman–Crippen MR) is 42.0 cm³/mol. The lowest BCUT2D eigenvalue weighted by Crippen LogP contribution is -2.42. The van der Waals surface area contributed by atoms with Crippen molar-refractivity contribution in [2.24, 2.45) is 17.4 Å². The van der Waals surface area contributed by atoms with Crippen LogP contribution in [0.4, 0.5) is 0 Å². The van der Waals surface area contributed by atoms with Crippen LogP contribution in [-0.2, 0) is 4.79 Å². The molecule has 0 heterocycles. The summed E-state index contributed by atoms with van der Waals surface area (Å²) in [5.41, 5.74) is 10.5. The number of hydrogen-bond donors (Lipinski definition) is 4. The third-order valence-corrected chi connectivity index (χ3v) is 1.70. The summed E-state index contributed by atoms with van der Waals surface area (Å²) in [4.78, 5) is 10.3. The Morgan fingerprint density at radius 2 is 2.20 bits per heavy atom. The maximum Gasteiger partial charge on any atom is 0.308 e. The molecule has 0 fully saturated rings. The quantitative estimate of drug-likeness (QED) is 0.397. The van der Waals surface area contributed by atoms with Crippen LogP contribution in [0.3, 0.4) is 0 Å². The molecule has 0 saturated heterocycles. The highest BCUT2D eigenvalue weighted by atomic mass is 32.1. The molecule has 0 rings (SSSR count). The molecule has 60 valence electrons. The minimum Gasteiger partial charge on any atom is -0.481 e. The summed E-state index contributed by atoms with van der Waals surface area (Å²) >= 11 is 3.83. The minimum absolute atomic E-state index is 0.178. The maximum absolute atomic E-state index is 10.3. The zero-order valence-electron chi connectivity index (χ0n) is 5.53. The maximum atomic E-state index is 10.3. The van der Waals surface area contributed by atoms with Gasteiger partial charge in [0, 0.05) is 18.3 Å². The molecule has 0 aromatic rings. The van der Waals surface area contributed by atoms with E-state index in [0.29, 0.717) is 0 Å². The van der Waals surface area contributed by atoms with Crippen molar-refractivity contribution in [3.8, 4) is 0 Å². The van der Waals surface area contributed by atoms with Crippen LogP contribution in [0.1, 0.15) is 0 Å². The van der Waals surface area contributed by atoms with Crippen LogP contribution >= 0.6 is 12.6 Å². The second kappa shape index (κ2) is 4.54. The van der Waals surface area contributed by atoms with Crippen molar-refractivity contribution in [2.45, 2.75) is 6.04 Å². The van der Waals surface area contributed by atoms with Gasteiger partial charge in [-0.25, -0.2) is 0 Å². The van der Waals surface area contributed by atoms with Gasteiger partial charge in [0.15, 0.2) is 0 Å². The van der Waals surface area contributed by atoms with E-state index >= 15 is 0 Å². The lowest BCUT2D eigenvalue weighted by atomic mass is 10.0. The minimum atomic E-state index is -0.937. The van der Waals surface area contributed by atoms with E-state index in [1.807, 2.05) is 0 Å². The Morgan fingerprint density at radius 1 is 1.70 bits per heavy atom. The first-order chi connectivity index (χ1) is 4.63. The molecule has 0 amide bonds. The van der Waals surface area contributed by atoms with E-state index in [1.54, 1.807) is 0 Å². The smallest absolute Gasteiger partial charge is 0.308 e. The van der Waals surface area contributed by atoms with Crippen LogP contribution < -0.4 is 11.5 Å². The van der Waals surface area contributed by atoms with Gasteiger partial charge in [-0.15, -0.1) is 0 Å². The van der Waals surface area contributed by atoms with Crippen LogP contribution in [0, 0.1) is 5.92 Å². The zero-order chi connectivity index (χ0) is 8.15. The standard InChI is InChI=1S/C5H12N2O2S/c6-1-4(7)3(2-10)5(8)9/h3-4,10H,1-2,6-7H2,(H,8,9). The molecule has 0 radical (unpaired) electrons. The fraction of sp³-hybridized carbons (Fsp3) is 0.800. The molecule has 0 aliphatic heterocycles. The summed E-state index contributed by atoms with van der Waals surface area (Å²) in [6.07, 6.45) is 0. The molecule has 10 heavy (non-hydrogen) atoms. The number of thiol groups is 1. The SMILES string of the molecule is NCC(N)C(CS)C(=O)O. The van der Waals surface area contributed by atoms with E-state index in [9.17, 15) is 4.79 Å². The number of hydrogen-bond acceptors (Lipinski definition) is 4. The fourth-order valence-electron chi connectivity index (χ4n) is 0.561. The fourth-order valence-corrected chi connectivity index (χ4v) is 0.988. The summed E-state index contributed by atoms with van der Waals surface area (Å²) in [7, 11) is 0. The summed E-state index contributed by atoms with van der Waals surface area (Å²) in [5, 5.41) is 8.49. The summed E-state index contributed by atoms with van der Waals surface area (Å²) < 4.78 is 0. The Bertz CT molecular complexity index is 120. The second-order valence-electron chi connectivity index (χ2n) is 2.03. The molecule has 0 aliphatic rings. The second-order valence-corrected chi connectivity index (χ2v) is 2.39. The Morgan fingerprint density at radius 3 is 2.30 bits per heavy atom. The van der Waals surface area contributed by atoms with Crippen molar-refractivity contribution in [2.75, 3.05) is 12.3 Å². The molecule has 0 aliphatic carbocycles. The van der Waals surface area contributed by atoms with E-state index < -0.39 is 17.9 Å². The van der Waals surface area contributed by atoms with Gasteiger partial charge in [0.1, 0.15) is 0 Å². The average molecular weight is 164 g/mol. The van der Waals surface area contributed by atoms with Crippen molar-refractivity contribution in [1.29, 1.82) is 0 Å². The van der Waals surface area contributed by atoms with Crippen LogP contribution in [0.15, 0.2) is 0 Å². The Labute approximate surface area is 65.0 Å². The van der Waals surface area contributed by atoms with Gasteiger partial charge < -0.3 is 16.6 Å². The topological polar surface area (TPSA) is 89.3 Å². The van der Waals surface area contributed by atoms with Gasteiger partial charge in [-0.05, 0) is 0 Å². The first-order valence-corrected chi connectivity index (χ1v) is 3.56. The first-order valence-electron chi connectivity index (χ1n) is 2.92. The normalized spacial score (nSPS) is 16.3. The Kier molecular flexibility index (Phi) is 4.42. The van der Waals surface area contributed by atoms with Crippen molar-refractivity contribution in [3.05, 3.63) is 0 Å². The molecule has 2 atom stereocenters. The molecule has 0 saturated carbocycles. The molecule has 2 unspecified atom stereocenters. The van der Waals surface area contributed by atoms with Crippen molar-refractivity contribution in [1.82, 2.24) is 0 Å². The highest BCUT2D eigenvalue weighted by Gasteiger charge is 2.21. The first kappa shape index (κ1) is 9.74. The third kappa shape index (κ3) is 2.55. The summed E-state index contributed by atoms with van der Waals surface area (Å²) in [6, 6.07) is -0.491.